The second kappa shape index (κ2) is 5.50. The first-order valence-corrected chi connectivity index (χ1v) is 6.98. The molecular weight excluding hydrogens is 274 g/mol. The van der Waals surface area contributed by atoms with Crippen molar-refractivity contribution >= 4 is 28.7 Å². The lowest BCUT2D eigenvalue weighted by atomic mass is 10.0. The molecule has 0 aliphatic carbocycles. The number of thiazole rings is 1. The van der Waals surface area contributed by atoms with E-state index >= 15 is 0 Å². The molecule has 0 bridgehead atoms. The molecule has 0 fully saturated rings. The fraction of sp³-hybridized carbons (Fsp3) is 0.286. The molecule has 0 amide bonds. The molecule has 0 spiro atoms. The summed E-state index contributed by atoms with van der Waals surface area (Å²) in [5.41, 5.74) is 7.08. The molecule has 2 aromatic rings. The Bertz CT molecular complexity index is 609. The smallest absolute Gasteiger partial charge is 0.340 e. The lowest BCUT2D eigenvalue weighted by Crippen LogP contribution is -2.28. The van der Waals surface area contributed by atoms with Gasteiger partial charge < -0.3 is 15.8 Å². The van der Waals surface area contributed by atoms with Crippen molar-refractivity contribution in [1.82, 2.24) is 4.98 Å². The normalized spacial score (nSPS) is 11.2. The molecule has 0 radical (unpaired) electrons. The molecule has 6 heteroatoms. The van der Waals surface area contributed by atoms with E-state index < -0.39 is 5.97 Å². The van der Waals surface area contributed by atoms with Gasteiger partial charge in [-0.1, -0.05) is 6.07 Å². The monoisotopic (exact) mass is 291 g/mol. The van der Waals surface area contributed by atoms with E-state index in [1.807, 2.05) is 25.3 Å². The molecule has 0 unspecified atom stereocenters. The van der Waals surface area contributed by atoms with Crippen LogP contribution >= 0.6 is 11.3 Å². The van der Waals surface area contributed by atoms with E-state index in [0.717, 1.165) is 5.01 Å². The van der Waals surface area contributed by atoms with Crippen molar-refractivity contribution in [3.05, 3.63) is 40.3 Å². The second-order valence-electron chi connectivity index (χ2n) is 4.85. The predicted octanol–water partition coefficient (Wildman–Crippen LogP) is 2.86. The van der Waals surface area contributed by atoms with Crippen molar-refractivity contribution in [2.75, 3.05) is 18.2 Å². The van der Waals surface area contributed by atoms with Crippen molar-refractivity contribution in [2.45, 2.75) is 19.4 Å². The molecule has 106 valence electrons. The first-order valence-electron chi connectivity index (χ1n) is 6.10. The van der Waals surface area contributed by atoms with E-state index in [1.54, 1.807) is 29.7 Å². The average Bonchev–Trinajstić information content (AvgIpc) is 2.95. The minimum Gasteiger partial charge on any atom is -0.465 e. The molecule has 0 aliphatic rings. The Morgan fingerprint density at radius 2 is 2.20 bits per heavy atom. The highest BCUT2D eigenvalue weighted by atomic mass is 32.1. The number of esters is 1. The van der Waals surface area contributed by atoms with E-state index in [-0.39, 0.29) is 5.54 Å². The summed E-state index contributed by atoms with van der Waals surface area (Å²) in [6.45, 7) is 4.02. The van der Waals surface area contributed by atoms with Gasteiger partial charge in [0.25, 0.3) is 0 Å². The maximum atomic E-state index is 11.6. The van der Waals surface area contributed by atoms with Gasteiger partial charge in [0.15, 0.2) is 0 Å². The molecule has 20 heavy (non-hydrogen) atoms. The summed E-state index contributed by atoms with van der Waals surface area (Å²) in [5, 5.41) is 6.19. The molecule has 0 saturated carbocycles. The van der Waals surface area contributed by atoms with Crippen LogP contribution in [-0.4, -0.2) is 18.1 Å². The zero-order valence-corrected chi connectivity index (χ0v) is 12.5. The first kappa shape index (κ1) is 14.3. The second-order valence-corrected chi connectivity index (χ2v) is 5.74. The highest BCUT2D eigenvalue weighted by Crippen LogP contribution is 2.31. The summed E-state index contributed by atoms with van der Waals surface area (Å²) in [4.78, 5) is 16.0. The van der Waals surface area contributed by atoms with Gasteiger partial charge in [-0.2, -0.15) is 0 Å². The summed E-state index contributed by atoms with van der Waals surface area (Å²) in [7, 11) is 1.33. The Labute approximate surface area is 121 Å². The van der Waals surface area contributed by atoms with E-state index in [1.165, 1.54) is 7.11 Å². The van der Waals surface area contributed by atoms with Crippen LogP contribution in [0.4, 0.5) is 11.4 Å². The van der Waals surface area contributed by atoms with Gasteiger partial charge in [-0.25, -0.2) is 9.78 Å². The number of nitrogens with zero attached hydrogens (tertiary/aromatic N) is 1. The molecule has 0 aliphatic heterocycles. The van der Waals surface area contributed by atoms with Crippen molar-refractivity contribution < 1.29 is 9.53 Å². The molecule has 3 N–H and O–H groups in total. The van der Waals surface area contributed by atoms with Crippen LogP contribution in [0, 0.1) is 0 Å². The first-order chi connectivity index (χ1) is 9.45. The number of anilines is 2. The predicted molar refractivity (Wildman–Crippen MR) is 81.0 cm³/mol. The third-order valence-electron chi connectivity index (χ3n) is 2.93. The summed E-state index contributed by atoms with van der Waals surface area (Å²) in [5.74, 6) is -0.446. The Kier molecular flexibility index (Phi) is 3.94. The summed E-state index contributed by atoms with van der Waals surface area (Å²) in [6, 6.07) is 5.24. The van der Waals surface area contributed by atoms with Gasteiger partial charge in [0, 0.05) is 11.6 Å². The number of methoxy groups -OCH3 is 1. The van der Waals surface area contributed by atoms with E-state index in [2.05, 4.69) is 10.3 Å². The molecule has 1 aromatic carbocycles. The molecule has 1 heterocycles. The van der Waals surface area contributed by atoms with E-state index in [4.69, 9.17) is 10.5 Å². The largest absolute Gasteiger partial charge is 0.465 e. The molecule has 5 nitrogen and oxygen atoms in total. The fourth-order valence-corrected chi connectivity index (χ4v) is 2.60. The number of hydrogen-bond donors (Lipinski definition) is 2. The van der Waals surface area contributed by atoms with Crippen molar-refractivity contribution in [3.63, 3.8) is 0 Å². The molecule has 2 rings (SSSR count). The lowest BCUT2D eigenvalue weighted by Gasteiger charge is -2.26. The van der Waals surface area contributed by atoms with Gasteiger partial charge >= 0.3 is 5.97 Å². The van der Waals surface area contributed by atoms with Gasteiger partial charge in [-0.15, -0.1) is 11.3 Å². The number of carbonyl (C=O) groups excluding carboxylic acids is 1. The number of ether oxygens (including phenoxy) is 1. The van der Waals surface area contributed by atoms with Crippen LogP contribution in [0.3, 0.4) is 0 Å². The maximum absolute atomic E-state index is 11.6. The Hall–Kier alpha value is -2.08. The minimum absolute atomic E-state index is 0.354. The number of hydrogen-bond acceptors (Lipinski definition) is 6. The van der Waals surface area contributed by atoms with Crippen molar-refractivity contribution in [3.8, 4) is 0 Å². The number of aromatic nitrogens is 1. The fourth-order valence-electron chi connectivity index (χ4n) is 1.88. The Balaban J connectivity index is 2.33. The van der Waals surface area contributed by atoms with Crippen LogP contribution < -0.4 is 11.1 Å². The number of nitrogens with two attached hydrogens (primary N) is 1. The van der Waals surface area contributed by atoms with Crippen molar-refractivity contribution in [2.24, 2.45) is 0 Å². The summed E-state index contributed by atoms with van der Waals surface area (Å²) < 4.78 is 4.72. The number of carbonyl (C=O) groups is 1. The molecule has 0 saturated heterocycles. The number of rotatable bonds is 4. The maximum Gasteiger partial charge on any atom is 0.340 e. The SMILES string of the molecule is COC(=O)c1cccc(NC(C)(C)c2nccs2)c1N. The van der Waals surface area contributed by atoms with Crippen LogP contribution in [0.1, 0.15) is 29.2 Å². The number of nitrogen functional groups attached to an aromatic ring is 1. The molecular formula is C14H17N3O2S. The number of para-hydroxylation sites is 1. The number of benzene rings is 1. The molecule has 1 aromatic heterocycles. The zero-order valence-electron chi connectivity index (χ0n) is 11.6. The third kappa shape index (κ3) is 2.75. The van der Waals surface area contributed by atoms with Gasteiger partial charge in [0.2, 0.25) is 0 Å². The summed E-state index contributed by atoms with van der Waals surface area (Å²) in [6.07, 6.45) is 1.76. The Morgan fingerprint density at radius 3 is 2.80 bits per heavy atom. The lowest BCUT2D eigenvalue weighted by molar-refractivity contribution is 0.0602. The highest BCUT2D eigenvalue weighted by Gasteiger charge is 2.24. The van der Waals surface area contributed by atoms with Crippen LogP contribution in [0.25, 0.3) is 0 Å². The van der Waals surface area contributed by atoms with Crippen LogP contribution in [0.2, 0.25) is 0 Å². The van der Waals surface area contributed by atoms with Crippen LogP contribution in [0.5, 0.6) is 0 Å². The van der Waals surface area contributed by atoms with Gasteiger partial charge in [-0.05, 0) is 26.0 Å². The van der Waals surface area contributed by atoms with Crippen molar-refractivity contribution in [1.29, 1.82) is 0 Å². The quantitative estimate of drug-likeness (QED) is 0.669. The topological polar surface area (TPSA) is 77.2 Å². The minimum atomic E-state index is -0.446. The van der Waals surface area contributed by atoms with Crippen LogP contribution in [-0.2, 0) is 10.3 Å². The number of nitrogens with one attached hydrogen (secondary N) is 1. The van der Waals surface area contributed by atoms with E-state index in [0.29, 0.717) is 16.9 Å². The van der Waals surface area contributed by atoms with Gasteiger partial charge in [-0.3, -0.25) is 0 Å². The average molecular weight is 291 g/mol. The third-order valence-corrected chi connectivity index (χ3v) is 4.02. The van der Waals surface area contributed by atoms with Gasteiger partial charge in [0.1, 0.15) is 5.01 Å². The zero-order chi connectivity index (χ0) is 14.8. The van der Waals surface area contributed by atoms with Crippen LogP contribution in [0.15, 0.2) is 29.8 Å². The highest BCUT2D eigenvalue weighted by molar-refractivity contribution is 7.09. The summed E-state index contributed by atoms with van der Waals surface area (Å²) >= 11 is 1.56. The van der Waals surface area contributed by atoms with E-state index in [9.17, 15) is 4.79 Å². The van der Waals surface area contributed by atoms with Gasteiger partial charge in [0.05, 0.1) is 29.6 Å². The standard InChI is InChI=1S/C14H17N3O2S/c1-14(2,13-16-7-8-20-13)17-10-6-4-5-9(11(10)15)12(18)19-3/h4-8,17H,15H2,1-3H3. The molecule has 0 atom stereocenters. The Morgan fingerprint density at radius 1 is 1.45 bits per heavy atom.